The second-order valence-electron chi connectivity index (χ2n) is 5.48. The molecule has 2 aromatic carbocycles. The Morgan fingerprint density at radius 3 is 2.95 bits per heavy atom. The van der Waals surface area contributed by atoms with Crippen LogP contribution in [0.25, 0.3) is 11.0 Å². The van der Waals surface area contributed by atoms with Gasteiger partial charge in [0.05, 0.1) is 0 Å². The summed E-state index contributed by atoms with van der Waals surface area (Å²) in [7, 11) is 0. The summed E-state index contributed by atoms with van der Waals surface area (Å²) in [5.41, 5.74) is 4.84. The molecular weight excluding hydrogens is 262 g/mol. The molecule has 0 fully saturated rings. The Morgan fingerprint density at radius 2 is 2.10 bits per heavy atom. The monoisotopic (exact) mass is 277 g/mol. The number of ketones is 1. The molecule has 3 aromatic rings. The van der Waals surface area contributed by atoms with Gasteiger partial charge in [-0.2, -0.15) is 0 Å². The minimum atomic E-state index is -0.0675. The number of carbonyl (C=O) groups excluding carboxylic acids is 1. The van der Waals surface area contributed by atoms with Crippen LogP contribution in [0.15, 0.2) is 46.9 Å². The zero-order valence-electron chi connectivity index (χ0n) is 11.8. The SMILES string of the molecule is Cc1cccc2cc(C(=O)c3ccc4c(c3)NCC4)oc12. The van der Waals surface area contributed by atoms with Gasteiger partial charge in [-0.15, -0.1) is 0 Å². The van der Waals surface area contributed by atoms with Crippen LogP contribution in [0.5, 0.6) is 0 Å². The number of nitrogens with one attached hydrogen (secondary N) is 1. The molecule has 3 nitrogen and oxygen atoms in total. The van der Waals surface area contributed by atoms with E-state index in [1.54, 1.807) is 0 Å². The number of carbonyl (C=O) groups is 1. The van der Waals surface area contributed by atoms with Crippen molar-refractivity contribution in [3.05, 3.63) is 64.9 Å². The van der Waals surface area contributed by atoms with Crippen molar-refractivity contribution in [3.8, 4) is 0 Å². The maximum Gasteiger partial charge on any atom is 0.228 e. The Hall–Kier alpha value is -2.55. The minimum absolute atomic E-state index is 0.0675. The maximum atomic E-state index is 12.6. The van der Waals surface area contributed by atoms with Gasteiger partial charge in [-0.1, -0.05) is 30.3 Å². The van der Waals surface area contributed by atoms with E-state index < -0.39 is 0 Å². The molecule has 0 atom stereocenters. The lowest BCUT2D eigenvalue weighted by atomic mass is 10.0. The van der Waals surface area contributed by atoms with Crippen molar-refractivity contribution >= 4 is 22.4 Å². The quantitative estimate of drug-likeness (QED) is 0.721. The molecule has 1 N–H and O–H groups in total. The van der Waals surface area contributed by atoms with Crippen LogP contribution in [0.3, 0.4) is 0 Å². The van der Waals surface area contributed by atoms with Crippen LogP contribution in [0.1, 0.15) is 27.2 Å². The van der Waals surface area contributed by atoms with Crippen molar-refractivity contribution in [1.82, 2.24) is 0 Å². The van der Waals surface area contributed by atoms with E-state index in [1.165, 1.54) is 5.56 Å². The van der Waals surface area contributed by atoms with Crippen LogP contribution in [-0.4, -0.2) is 12.3 Å². The second-order valence-corrected chi connectivity index (χ2v) is 5.48. The second kappa shape index (κ2) is 4.48. The summed E-state index contributed by atoms with van der Waals surface area (Å²) >= 11 is 0. The number of hydrogen-bond acceptors (Lipinski definition) is 3. The van der Waals surface area contributed by atoms with E-state index in [9.17, 15) is 4.79 Å². The Kier molecular flexibility index (Phi) is 2.61. The van der Waals surface area contributed by atoms with E-state index in [1.807, 2.05) is 49.4 Å². The van der Waals surface area contributed by atoms with Crippen molar-refractivity contribution in [1.29, 1.82) is 0 Å². The fourth-order valence-electron chi connectivity index (χ4n) is 2.90. The van der Waals surface area contributed by atoms with E-state index >= 15 is 0 Å². The van der Waals surface area contributed by atoms with Gasteiger partial charge in [-0.25, -0.2) is 0 Å². The highest BCUT2D eigenvalue weighted by Crippen LogP contribution is 2.27. The minimum Gasteiger partial charge on any atom is -0.452 e. The first-order chi connectivity index (χ1) is 10.2. The molecule has 0 radical (unpaired) electrons. The van der Waals surface area contributed by atoms with Gasteiger partial charge < -0.3 is 9.73 Å². The first-order valence-corrected chi connectivity index (χ1v) is 7.13. The summed E-state index contributed by atoms with van der Waals surface area (Å²) in [4.78, 5) is 12.6. The molecule has 0 unspecified atom stereocenters. The highest BCUT2D eigenvalue weighted by molar-refractivity contribution is 6.09. The third-order valence-electron chi connectivity index (χ3n) is 4.05. The summed E-state index contributed by atoms with van der Waals surface area (Å²) in [5.74, 6) is 0.333. The molecule has 104 valence electrons. The van der Waals surface area contributed by atoms with Crippen molar-refractivity contribution in [3.63, 3.8) is 0 Å². The smallest absolute Gasteiger partial charge is 0.228 e. The number of aryl methyl sites for hydroxylation is 1. The lowest BCUT2D eigenvalue weighted by Gasteiger charge is -2.02. The molecule has 1 aliphatic rings. The van der Waals surface area contributed by atoms with E-state index in [2.05, 4.69) is 5.32 Å². The fourth-order valence-corrected chi connectivity index (χ4v) is 2.90. The maximum absolute atomic E-state index is 12.6. The summed E-state index contributed by atoms with van der Waals surface area (Å²) in [6.07, 6.45) is 1.02. The average molecular weight is 277 g/mol. The molecular formula is C18H15NO2. The lowest BCUT2D eigenvalue weighted by molar-refractivity contribution is 0.101. The Bertz CT molecular complexity index is 861. The van der Waals surface area contributed by atoms with Gasteiger partial charge in [0.25, 0.3) is 0 Å². The largest absolute Gasteiger partial charge is 0.452 e. The van der Waals surface area contributed by atoms with Crippen LogP contribution < -0.4 is 5.32 Å². The van der Waals surface area contributed by atoms with Gasteiger partial charge in [0.2, 0.25) is 5.78 Å². The van der Waals surface area contributed by atoms with Gasteiger partial charge in [0, 0.05) is 23.2 Å². The molecule has 4 rings (SSSR count). The molecule has 0 saturated carbocycles. The number of para-hydroxylation sites is 1. The highest BCUT2D eigenvalue weighted by Gasteiger charge is 2.18. The summed E-state index contributed by atoms with van der Waals surface area (Å²) in [6.45, 7) is 2.93. The van der Waals surface area contributed by atoms with Crippen molar-refractivity contribution in [2.75, 3.05) is 11.9 Å². The lowest BCUT2D eigenvalue weighted by Crippen LogP contribution is -2.00. The number of anilines is 1. The predicted molar refractivity (Wildman–Crippen MR) is 83.0 cm³/mol. The molecule has 2 heterocycles. The average Bonchev–Trinajstić information content (AvgIpc) is 3.12. The molecule has 0 spiro atoms. The molecule has 0 amide bonds. The van der Waals surface area contributed by atoms with Crippen molar-refractivity contribution < 1.29 is 9.21 Å². The number of furan rings is 1. The Morgan fingerprint density at radius 1 is 1.19 bits per heavy atom. The van der Waals surface area contributed by atoms with E-state index in [-0.39, 0.29) is 5.78 Å². The van der Waals surface area contributed by atoms with Crippen LogP contribution in [0.2, 0.25) is 0 Å². The molecule has 0 saturated heterocycles. The van der Waals surface area contributed by atoms with E-state index in [0.717, 1.165) is 35.2 Å². The summed E-state index contributed by atoms with van der Waals surface area (Å²) in [5, 5.41) is 4.27. The zero-order chi connectivity index (χ0) is 14.4. The number of fused-ring (bicyclic) bond motifs is 2. The third kappa shape index (κ3) is 1.93. The van der Waals surface area contributed by atoms with Gasteiger partial charge in [0.1, 0.15) is 5.58 Å². The molecule has 21 heavy (non-hydrogen) atoms. The molecule has 3 heteroatoms. The third-order valence-corrected chi connectivity index (χ3v) is 4.05. The first kappa shape index (κ1) is 12.2. The summed E-state index contributed by atoms with van der Waals surface area (Å²) < 4.78 is 5.76. The van der Waals surface area contributed by atoms with Crippen molar-refractivity contribution in [2.24, 2.45) is 0 Å². The van der Waals surface area contributed by atoms with Crippen molar-refractivity contribution in [2.45, 2.75) is 13.3 Å². The normalized spacial score (nSPS) is 13.2. The van der Waals surface area contributed by atoms with Crippen LogP contribution in [0, 0.1) is 6.92 Å². The number of hydrogen-bond donors (Lipinski definition) is 1. The zero-order valence-corrected chi connectivity index (χ0v) is 11.8. The molecule has 1 aliphatic heterocycles. The molecule has 1 aromatic heterocycles. The molecule has 0 bridgehead atoms. The first-order valence-electron chi connectivity index (χ1n) is 7.13. The number of benzene rings is 2. The predicted octanol–water partition coefficient (Wildman–Crippen LogP) is 3.94. The van der Waals surface area contributed by atoms with E-state index in [4.69, 9.17) is 4.42 Å². The van der Waals surface area contributed by atoms with Gasteiger partial charge in [-0.05, 0) is 36.6 Å². The standard InChI is InChI=1S/C18H15NO2/c1-11-3-2-4-14-10-16(21-18(11)14)17(20)13-6-5-12-7-8-19-15(12)9-13/h2-6,9-10,19H,7-8H2,1H3. The Labute approximate surface area is 122 Å². The number of rotatable bonds is 2. The van der Waals surface area contributed by atoms with Crippen LogP contribution in [0.4, 0.5) is 5.69 Å². The van der Waals surface area contributed by atoms with Crippen LogP contribution >= 0.6 is 0 Å². The van der Waals surface area contributed by atoms with Gasteiger partial charge >= 0.3 is 0 Å². The molecule has 0 aliphatic carbocycles. The topological polar surface area (TPSA) is 42.2 Å². The van der Waals surface area contributed by atoms with Gasteiger partial charge in [0.15, 0.2) is 5.76 Å². The van der Waals surface area contributed by atoms with E-state index in [0.29, 0.717) is 11.3 Å². The summed E-state index contributed by atoms with van der Waals surface area (Å²) in [6, 6.07) is 13.6. The van der Waals surface area contributed by atoms with Gasteiger partial charge in [-0.3, -0.25) is 4.79 Å². The Balaban J connectivity index is 1.77. The van der Waals surface area contributed by atoms with Crippen LogP contribution in [-0.2, 0) is 6.42 Å². The fraction of sp³-hybridized carbons (Fsp3) is 0.167. The highest BCUT2D eigenvalue weighted by atomic mass is 16.3.